The molecule has 5 aromatic rings. The van der Waals surface area contributed by atoms with E-state index < -0.39 is 17.7 Å². The number of pyridine rings is 1. The molecule has 0 radical (unpaired) electrons. The van der Waals surface area contributed by atoms with E-state index in [9.17, 15) is 13.6 Å². The van der Waals surface area contributed by atoms with Gasteiger partial charge in [0.15, 0.2) is 11.6 Å². The van der Waals surface area contributed by atoms with Crippen LogP contribution in [0.1, 0.15) is 5.69 Å². The summed E-state index contributed by atoms with van der Waals surface area (Å²) in [7, 11) is 0. The fraction of sp³-hybridized carbons (Fsp3) is 0.0370. The summed E-state index contributed by atoms with van der Waals surface area (Å²) in [5.41, 5.74) is 4.11. The molecule has 7 nitrogen and oxygen atoms in total. The molecule has 5 rings (SSSR count). The second-order valence-electron chi connectivity index (χ2n) is 7.93. The van der Waals surface area contributed by atoms with E-state index in [4.69, 9.17) is 4.74 Å². The minimum atomic E-state index is -0.677. The van der Waals surface area contributed by atoms with Crippen LogP contribution in [0.2, 0.25) is 0 Å². The summed E-state index contributed by atoms with van der Waals surface area (Å²) in [6, 6.07) is 17.7. The topological polar surface area (TPSA) is 89.0 Å². The lowest BCUT2D eigenvalue weighted by molar-refractivity contribution is 0.262. The quantitative estimate of drug-likeness (QED) is 0.290. The Balaban J connectivity index is 1.30. The van der Waals surface area contributed by atoms with Crippen LogP contribution in [-0.2, 0) is 0 Å². The van der Waals surface area contributed by atoms with Crippen molar-refractivity contribution in [1.29, 1.82) is 0 Å². The Morgan fingerprint density at radius 2 is 1.67 bits per heavy atom. The molecule has 178 valence electrons. The van der Waals surface area contributed by atoms with E-state index in [0.717, 1.165) is 17.3 Å². The average Bonchev–Trinajstić information content (AvgIpc) is 2.86. The SMILES string of the molecule is Cc1ccc(-c2cnc3ccc(Oc4ccc(NC(=O)Nc5cccc(F)c5)cc4F)cc3n2)cn1. The van der Waals surface area contributed by atoms with Crippen molar-refractivity contribution in [1.82, 2.24) is 15.0 Å². The molecule has 0 saturated heterocycles. The molecule has 2 N–H and O–H groups in total. The van der Waals surface area contributed by atoms with Crippen molar-refractivity contribution in [3.63, 3.8) is 0 Å². The van der Waals surface area contributed by atoms with Crippen molar-refractivity contribution in [3.05, 3.63) is 103 Å². The fourth-order valence-electron chi connectivity index (χ4n) is 3.46. The number of ether oxygens (including phenoxy) is 1. The number of fused-ring (bicyclic) bond motifs is 1. The van der Waals surface area contributed by atoms with Gasteiger partial charge in [0, 0.05) is 41.0 Å². The third-order valence-electron chi connectivity index (χ3n) is 5.22. The summed E-state index contributed by atoms with van der Waals surface area (Å²) < 4.78 is 33.7. The molecular formula is C27H19F2N5O2. The van der Waals surface area contributed by atoms with Crippen LogP contribution < -0.4 is 15.4 Å². The first kappa shape index (κ1) is 22.9. The second-order valence-corrected chi connectivity index (χ2v) is 7.93. The number of amides is 2. The highest BCUT2D eigenvalue weighted by Gasteiger charge is 2.11. The van der Waals surface area contributed by atoms with Gasteiger partial charge in [0.25, 0.3) is 0 Å². The molecule has 2 heterocycles. The van der Waals surface area contributed by atoms with E-state index in [0.29, 0.717) is 22.5 Å². The first-order valence-electron chi connectivity index (χ1n) is 10.9. The molecule has 0 aliphatic carbocycles. The van der Waals surface area contributed by atoms with Crippen molar-refractivity contribution < 1.29 is 18.3 Å². The van der Waals surface area contributed by atoms with Gasteiger partial charge in [0.05, 0.1) is 22.9 Å². The van der Waals surface area contributed by atoms with Gasteiger partial charge in [-0.2, -0.15) is 0 Å². The van der Waals surface area contributed by atoms with Crippen molar-refractivity contribution in [3.8, 4) is 22.8 Å². The Hall–Kier alpha value is -4.92. The van der Waals surface area contributed by atoms with Gasteiger partial charge in [-0.1, -0.05) is 6.07 Å². The van der Waals surface area contributed by atoms with Crippen molar-refractivity contribution in [2.45, 2.75) is 6.92 Å². The highest BCUT2D eigenvalue weighted by atomic mass is 19.1. The maximum Gasteiger partial charge on any atom is 0.323 e. The molecule has 0 bridgehead atoms. The van der Waals surface area contributed by atoms with E-state index >= 15 is 0 Å². The molecule has 36 heavy (non-hydrogen) atoms. The Morgan fingerprint density at radius 3 is 2.42 bits per heavy atom. The number of carbonyl (C=O) groups excluding carboxylic acids is 1. The number of aryl methyl sites for hydroxylation is 1. The van der Waals surface area contributed by atoms with Gasteiger partial charge in [0.2, 0.25) is 0 Å². The Morgan fingerprint density at radius 1 is 0.833 bits per heavy atom. The minimum Gasteiger partial charge on any atom is -0.454 e. The number of anilines is 2. The van der Waals surface area contributed by atoms with Crippen molar-refractivity contribution in [2.75, 3.05) is 10.6 Å². The van der Waals surface area contributed by atoms with Crippen LogP contribution in [0.3, 0.4) is 0 Å². The maximum atomic E-state index is 14.7. The van der Waals surface area contributed by atoms with Crippen LogP contribution in [0.15, 0.2) is 85.2 Å². The number of hydrogen-bond acceptors (Lipinski definition) is 5. The van der Waals surface area contributed by atoms with Crippen LogP contribution in [0.4, 0.5) is 25.0 Å². The first-order chi connectivity index (χ1) is 17.4. The number of rotatable bonds is 5. The fourth-order valence-corrected chi connectivity index (χ4v) is 3.46. The number of aromatic nitrogens is 3. The van der Waals surface area contributed by atoms with E-state index in [-0.39, 0.29) is 17.1 Å². The zero-order valence-corrected chi connectivity index (χ0v) is 19.0. The van der Waals surface area contributed by atoms with Crippen LogP contribution >= 0.6 is 0 Å². The summed E-state index contributed by atoms with van der Waals surface area (Å²) in [5.74, 6) is -0.815. The Labute approximate surface area is 204 Å². The molecule has 3 aromatic carbocycles. The smallest absolute Gasteiger partial charge is 0.323 e. The van der Waals surface area contributed by atoms with E-state index in [1.54, 1.807) is 30.6 Å². The third-order valence-corrected chi connectivity index (χ3v) is 5.22. The second kappa shape index (κ2) is 9.75. The van der Waals surface area contributed by atoms with Crippen LogP contribution in [0, 0.1) is 18.6 Å². The van der Waals surface area contributed by atoms with E-state index in [1.165, 1.54) is 36.4 Å². The molecule has 0 spiro atoms. The molecule has 0 aliphatic rings. The summed E-state index contributed by atoms with van der Waals surface area (Å²) >= 11 is 0. The maximum absolute atomic E-state index is 14.7. The summed E-state index contributed by atoms with van der Waals surface area (Å²) in [6.07, 6.45) is 3.40. The standard InChI is InChI=1S/C27H19F2N5O2/c1-16-5-6-17(14-30-16)25-15-31-23-9-8-21(13-24(23)34-25)36-26-10-7-20(12-22(26)29)33-27(35)32-19-4-2-3-18(28)11-19/h2-15H,1H3,(H2,32,33,35). The van der Waals surface area contributed by atoms with Gasteiger partial charge in [-0.15, -0.1) is 0 Å². The number of hydrogen-bond donors (Lipinski definition) is 2. The molecule has 0 saturated carbocycles. The lowest BCUT2D eigenvalue weighted by Gasteiger charge is -2.11. The highest BCUT2D eigenvalue weighted by Crippen LogP contribution is 2.29. The number of carbonyl (C=O) groups is 1. The predicted molar refractivity (Wildman–Crippen MR) is 133 cm³/mol. The van der Waals surface area contributed by atoms with Crippen molar-refractivity contribution in [2.24, 2.45) is 0 Å². The Kier molecular flexibility index (Phi) is 6.19. The van der Waals surface area contributed by atoms with Crippen molar-refractivity contribution >= 4 is 28.4 Å². The van der Waals surface area contributed by atoms with E-state index in [2.05, 4.69) is 25.6 Å². The highest BCUT2D eigenvalue weighted by molar-refractivity contribution is 5.99. The van der Waals surface area contributed by atoms with Gasteiger partial charge in [0.1, 0.15) is 11.6 Å². The largest absolute Gasteiger partial charge is 0.454 e. The van der Waals surface area contributed by atoms with Gasteiger partial charge in [-0.25, -0.2) is 18.6 Å². The lowest BCUT2D eigenvalue weighted by atomic mass is 10.2. The number of urea groups is 1. The van der Waals surface area contributed by atoms with E-state index in [1.807, 2.05) is 19.1 Å². The summed E-state index contributed by atoms with van der Waals surface area (Å²) in [4.78, 5) is 25.5. The molecule has 0 atom stereocenters. The van der Waals surface area contributed by atoms with Crippen LogP contribution in [0.25, 0.3) is 22.3 Å². The van der Waals surface area contributed by atoms with Gasteiger partial charge in [-0.05, 0) is 61.5 Å². The zero-order valence-electron chi connectivity index (χ0n) is 19.0. The summed E-state index contributed by atoms with van der Waals surface area (Å²) in [5, 5.41) is 4.98. The van der Waals surface area contributed by atoms with Crippen LogP contribution in [0.5, 0.6) is 11.5 Å². The predicted octanol–water partition coefficient (Wildman–Crippen LogP) is 6.71. The van der Waals surface area contributed by atoms with Crippen LogP contribution in [-0.4, -0.2) is 21.0 Å². The lowest BCUT2D eigenvalue weighted by Crippen LogP contribution is -2.19. The average molecular weight is 483 g/mol. The number of nitrogens with zero attached hydrogens (tertiary/aromatic N) is 3. The number of benzene rings is 3. The molecule has 0 unspecified atom stereocenters. The molecule has 0 fully saturated rings. The van der Waals surface area contributed by atoms with Gasteiger partial charge >= 0.3 is 6.03 Å². The first-order valence-corrected chi connectivity index (χ1v) is 10.9. The molecule has 2 amide bonds. The zero-order chi connectivity index (χ0) is 25.1. The summed E-state index contributed by atoms with van der Waals surface area (Å²) in [6.45, 7) is 1.91. The normalized spacial score (nSPS) is 10.8. The molecule has 0 aliphatic heterocycles. The Bertz CT molecular complexity index is 1580. The minimum absolute atomic E-state index is 0.0303. The third kappa shape index (κ3) is 5.25. The van der Waals surface area contributed by atoms with Gasteiger partial charge in [-0.3, -0.25) is 9.97 Å². The number of halogens is 2. The molecule has 9 heteroatoms. The monoisotopic (exact) mass is 483 g/mol. The molecular weight excluding hydrogens is 464 g/mol. The van der Waals surface area contributed by atoms with Gasteiger partial charge < -0.3 is 15.4 Å². The molecule has 2 aromatic heterocycles. The number of nitrogens with one attached hydrogen (secondary N) is 2.